The monoisotopic (exact) mass is 1170 g/mol. The van der Waals surface area contributed by atoms with E-state index in [0.717, 1.165) is 125 Å². The van der Waals surface area contributed by atoms with Gasteiger partial charge in [-0.15, -0.1) is 0 Å². The van der Waals surface area contributed by atoms with Crippen LogP contribution in [0.2, 0.25) is 0 Å². The first kappa shape index (κ1) is 67.1. The van der Waals surface area contributed by atoms with E-state index < -0.39 is 54.3 Å². The van der Waals surface area contributed by atoms with E-state index in [2.05, 4.69) is 35.9 Å². The fraction of sp³-hybridized carbons (Fsp3) is 0.621. The summed E-state index contributed by atoms with van der Waals surface area (Å²) in [6.45, 7) is 5.52. The molecule has 0 saturated heterocycles. The summed E-state index contributed by atoms with van der Waals surface area (Å²) in [7, 11) is -1.37. The quantitative estimate of drug-likeness (QED) is 0.0346. The predicted octanol–water partition coefficient (Wildman–Crippen LogP) is 17.0. The zero-order valence-electron chi connectivity index (χ0n) is 45.1. The molecule has 8 nitrogen and oxygen atoms in total. The minimum atomic E-state index is -5.55. The topological polar surface area (TPSA) is 122 Å². The number of unbranched alkanes of at least 4 members (excludes halogenated alkanes) is 12. The molecule has 2 aromatic carbocycles. The van der Waals surface area contributed by atoms with Crippen molar-refractivity contribution >= 4 is 22.6 Å². The second-order valence-electron chi connectivity index (χ2n) is 21.0. The molecule has 0 bridgehead atoms. The molecule has 0 aliphatic carbocycles. The minimum absolute atomic E-state index is 0.126. The fourth-order valence-corrected chi connectivity index (χ4v) is 12.6. The highest BCUT2D eigenvalue weighted by molar-refractivity contribution is 7.99. The Morgan fingerprint density at radius 2 is 0.873 bits per heavy atom. The summed E-state index contributed by atoms with van der Waals surface area (Å²) in [5.74, 6) is -5.58. The number of aromatic nitrogens is 2. The van der Waals surface area contributed by atoms with Crippen LogP contribution in [0.5, 0.6) is 23.0 Å². The molecular weight excluding hydrogens is 1090 g/mol. The molecule has 21 heteroatoms. The van der Waals surface area contributed by atoms with Crippen LogP contribution in [0.3, 0.4) is 0 Å². The number of hydrogen-bond donors (Lipinski definition) is 3. The molecule has 2 aliphatic heterocycles. The molecule has 5 atom stereocenters. The number of fused-ring (bicyclic) bond motifs is 2. The van der Waals surface area contributed by atoms with Crippen molar-refractivity contribution in [2.45, 2.75) is 189 Å². The first-order valence-electron chi connectivity index (χ1n) is 27.2. The molecule has 0 saturated carbocycles. The van der Waals surface area contributed by atoms with E-state index in [1.165, 1.54) is 22.9 Å². The normalized spacial score (nSPS) is 19.6. The standard InChI is InChI=1S/C29H38F5NO3S.C29H38F5NO2S.FHO/c1-27(22-13-16-35-17-14-22)21-38-26-20-23(36)11-12-24(26)25(27)10-7-5-3-2-4-6-8-18-39(37)19-9-15-28(30,31)29(32,33)34;1-27(22-13-16-35-17-14-22)21-37-26-20-23(36)11-12-24(26)25(27)10-7-5-3-2-4-6-8-18-38-19-9-15-28(30,31)29(32,33)34;1-2/h11-14,16-17,20,25,36H,2-10,15,18-19,21H2,1H3;11-14,16-17,20,25,36H,2-10,15,18-19,21H2,1H3;2H/t25-,27-,39?;25-,27-;/m11./s1. The molecule has 0 amide bonds. The highest BCUT2D eigenvalue weighted by Gasteiger charge is 2.57. The van der Waals surface area contributed by atoms with Crippen LogP contribution in [0.4, 0.5) is 48.4 Å². The first-order valence-corrected chi connectivity index (χ1v) is 29.8. The molecule has 0 radical (unpaired) electrons. The summed E-state index contributed by atoms with van der Waals surface area (Å²) >= 11 is 1.46. The molecule has 79 heavy (non-hydrogen) atoms. The number of aromatic hydroxyl groups is 2. The summed E-state index contributed by atoms with van der Waals surface area (Å²) in [5, 5.41) is 25.3. The van der Waals surface area contributed by atoms with E-state index >= 15 is 0 Å². The summed E-state index contributed by atoms with van der Waals surface area (Å²) in [6.07, 6.45) is 9.53. The lowest BCUT2D eigenvalue weighted by molar-refractivity contribution is -0.284. The maximum absolute atomic E-state index is 12.9. The summed E-state index contributed by atoms with van der Waals surface area (Å²) in [6, 6.07) is 18.9. The van der Waals surface area contributed by atoms with Gasteiger partial charge < -0.3 is 19.7 Å². The summed E-state index contributed by atoms with van der Waals surface area (Å²) in [4.78, 5) is 8.32. The van der Waals surface area contributed by atoms with Gasteiger partial charge >= 0.3 is 24.2 Å². The molecule has 0 fully saturated rings. The van der Waals surface area contributed by atoms with Crippen molar-refractivity contribution in [1.29, 1.82) is 0 Å². The van der Waals surface area contributed by atoms with Crippen molar-refractivity contribution in [3.8, 4) is 23.0 Å². The van der Waals surface area contributed by atoms with Crippen molar-refractivity contribution < 1.29 is 77.6 Å². The molecule has 1 unspecified atom stereocenters. The number of pyridine rings is 2. The molecule has 444 valence electrons. The van der Waals surface area contributed by atoms with Gasteiger partial charge in [0.05, 0.1) is 13.2 Å². The van der Waals surface area contributed by atoms with Crippen LogP contribution in [0.1, 0.15) is 176 Å². The van der Waals surface area contributed by atoms with E-state index in [1.54, 1.807) is 36.7 Å². The van der Waals surface area contributed by atoms with Gasteiger partial charge in [0.15, 0.2) is 0 Å². The van der Waals surface area contributed by atoms with Crippen LogP contribution in [-0.2, 0) is 21.6 Å². The average molecular weight is 1170 g/mol. The maximum Gasteiger partial charge on any atom is 0.453 e. The van der Waals surface area contributed by atoms with Crippen LogP contribution in [0.15, 0.2) is 85.5 Å². The lowest BCUT2D eigenvalue weighted by Gasteiger charge is -2.43. The minimum Gasteiger partial charge on any atom is -0.508 e. The van der Waals surface area contributed by atoms with Crippen molar-refractivity contribution in [2.75, 3.05) is 36.2 Å². The number of nitrogens with zero attached hydrogens (tertiary/aromatic N) is 2. The highest BCUT2D eigenvalue weighted by atomic mass is 32.2. The van der Waals surface area contributed by atoms with Crippen LogP contribution in [-0.4, -0.2) is 90.1 Å². The van der Waals surface area contributed by atoms with Gasteiger partial charge in [0, 0.05) is 94.7 Å². The van der Waals surface area contributed by atoms with Crippen molar-refractivity contribution in [1.82, 2.24) is 9.97 Å². The molecular formula is C58H77F11N2O6S2. The van der Waals surface area contributed by atoms with E-state index in [4.69, 9.17) is 19.3 Å². The maximum atomic E-state index is 12.9. The van der Waals surface area contributed by atoms with Crippen molar-refractivity contribution in [3.63, 3.8) is 0 Å². The van der Waals surface area contributed by atoms with Crippen LogP contribution in [0, 0.1) is 0 Å². The Morgan fingerprint density at radius 1 is 0.519 bits per heavy atom. The third kappa shape index (κ3) is 20.5. The Labute approximate surface area is 464 Å². The van der Waals surface area contributed by atoms with Gasteiger partial charge in [0.2, 0.25) is 0 Å². The molecule has 4 aromatic rings. The number of alkyl halides is 10. The number of hydrogen-bond acceptors (Lipinski definition) is 9. The molecule has 2 aliphatic rings. The molecule has 3 N–H and O–H groups in total. The SMILES string of the molecule is C[C@]1(c2ccncc2)COc2cc(O)ccc2[C@H]1CCCCCCCCCS(=O)CCCC(F)(F)C(F)(F)F.C[C@]1(c2ccncc2)COc2cc(O)ccc2[C@H]1CCCCCCCCCSCCCC(F)(F)C(F)(F)F.OF. The second-order valence-corrected chi connectivity index (χ2v) is 24.0. The van der Waals surface area contributed by atoms with Gasteiger partial charge in [-0.05, 0) is 109 Å². The lowest BCUT2D eigenvalue weighted by atomic mass is 9.66. The number of phenols is 2. The summed E-state index contributed by atoms with van der Waals surface area (Å²) < 4.78 is 157. The molecule has 2 aromatic heterocycles. The van der Waals surface area contributed by atoms with Gasteiger partial charge in [-0.3, -0.25) is 14.2 Å². The predicted molar refractivity (Wildman–Crippen MR) is 289 cm³/mol. The lowest BCUT2D eigenvalue weighted by Crippen LogP contribution is -2.40. The zero-order chi connectivity index (χ0) is 58.2. The Morgan fingerprint density at radius 3 is 1.29 bits per heavy atom. The Kier molecular flexibility index (Phi) is 27.5. The number of ether oxygens (including phenoxy) is 2. The number of thioether (sulfide) groups is 1. The molecule has 0 spiro atoms. The van der Waals surface area contributed by atoms with E-state index in [9.17, 15) is 58.3 Å². The Balaban J connectivity index is 0.000000330. The molecule has 6 rings (SSSR count). The number of phenolic OH excluding ortho intramolecular Hbond substituents is 2. The van der Waals surface area contributed by atoms with E-state index in [1.807, 2.05) is 36.7 Å². The van der Waals surface area contributed by atoms with Crippen LogP contribution in [0.25, 0.3) is 0 Å². The first-order chi connectivity index (χ1) is 37.5. The second kappa shape index (κ2) is 32.3. The van der Waals surface area contributed by atoms with E-state index in [0.29, 0.717) is 31.1 Å². The zero-order valence-corrected chi connectivity index (χ0v) is 46.7. The highest BCUT2D eigenvalue weighted by Crippen LogP contribution is 2.51. The molecule has 4 heterocycles. The smallest absolute Gasteiger partial charge is 0.453 e. The third-order valence-electron chi connectivity index (χ3n) is 15.1. The third-order valence-corrected chi connectivity index (χ3v) is 17.8. The number of halogens is 11. The number of benzene rings is 2. The Hall–Kier alpha value is -4.37. The van der Waals surface area contributed by atoms with E-state index in [-0.39, 0.29) is 46.3 Å². The largest absolute Gasteiger partial charge is 0.508 e. The average Bonchev–Trinajstić information content (AvgIpc) is 3.49. The summed E-state index contributed by atoms with van der Waals surface area (Å²) in [5.41, 5.74) is 4.20. The fourth-order valence-electron chi connectivity index (χ4n) is 10.5. The van der Waals surface area contributed by atoms with Gasteiger partial charge in [0.25, 0.3) is 0 Å². The van der Waals surface area contributed by atoms with Gasteiger partial charge in [-0.25, -0.2) is 5.31 Å². The van der Waals surface area contributed by atoms with Gasteiger partial charge in [-0.2, -0.15) is 55.7 Å². The van der Waals surface area contributed by atoms with Gasteiger partial charge in [0.1, 0.15) is 23.0 Å². The number of rotatable bonds is 30. The van der Waals surface area contributed by atoms with Crippen molar-refractivity contribution in [3.05, 3.63) is 108 Å². The van der Waals surface area contributed by atoms with Crippen LogP contribution < -0.4 is 9.47 Å². The van der Waals surface area contributed by atoms with Crippen LogP contribution >= 0.6 is 11.8 Å². The Bertz CT molecular complexity index is 2390. The van der Waals surface area contributed by atoms with Crippen molar-refractivity contribution in [2.24, 2.45) is 0 Å². The van der Waals surface area contributed by atoms with Gasteiger partial charge in [-0.1, -0.05) is 108 Å².